The monoisotopic (exact) mass is 213 g/mol. The lowest BCUT2D eigenvalue weighted by Gasteiger charge is -2.30. The molecule has 1 fully saturated rings. The maximum absolute atomic E-state index is 5.87. The van der Waals surface area contributed by atoms with E-state index in [4.69, 9.17) is 5.73 Å². The van der Waals surface area contributed by atoms with Crippen molar-refractivity contribution < 1.29 is 0 Å². The molecule has 1 heterocycles. The Morgan fingerprint density at radius 3 is 2.27 bits per heavy atom. The lowest BCUT2D eigenvalue weighted by atomic mass is 10.0. The second-order valence-corrected chi connectivity index (χ2v) is 5.51. The first kappa shape index (κ1) is 12.9. The van der Waals surface area contributed by atoms with Gasteiger partial charge in [0.1, 0.15) is 0 Å². The van der Waals surface area contributed by atoms with Crippen LogP contribution in [-0.2, 0) is 0 Å². The fourth-order valence-corrected chi connectivity index (χ4v) is 2.77. The largest absolute Gasteiger partial charge is 0.329 e. The minimum absolute atomic E-state index is 0.553. The van der Waals surface area contributed by atoms with Gasteiger partial charge >= 0.3 is 0 Å². The normalized spacial score (nSPS) is 30.4. The lowest BCUT2D eigenvalue weighted by Crippen LogP contribution is -2.44. The fraction of sp³-hybridized carbons (Fsp3) is 1.00. The quantitative estimate of drug-likeness (QED) is 0.751. The van der Waals surface area contributed by atoms with Crippen molar-refractivity contribution in [3.05, 3.63) is 0 Å². The van der Waals surface area contributed by atoms with Crippen molar-refractivity contribution in [3.8, 4) is 0 Å². The standard InChI is InChI=1S/C12H27N3/c1-9(2)11(6-13)15-7-10(3)12(8-15)14(4)5/h9-12H,6-8,13H2,1-5H3. The van der Waals surface area contributed by atoms with Gasteiger partial charge in [0.15, 0.2) is 0 Å². The summed E-state index contributed by atoms with van der Waals surface area (Å²) in [4.78, 5) is 4.92. The average Bonchev–Trinajstić information content (AvgIpc) is 2.48. The van der Waals surface area contributed by atoms with E-state index < -0.39 is 0 Å². The zero-order valence-corrected chi connectivity index (χ0v) is 10.9. The third kappa shape index (κ3) is 2.92. The van der Waals surface area contributed by atoms with Crippen LogP contribution >= 0.6 is 0 Å². The van der Waals surface area contributed by atoms with Crippen LogP contribution in [0.4, 0.5) is 0 Å². The van der Waals surface area contributed by atoms with E-state index in [1.54, 1.807) is 0 Å². The first-order valence-corrected chi connectivity index (χ1v) is 6.07. The summed E-state index contributed by atoms with van der Waals surface area (Å²) in [6.07, 6.45) is 0. The SMILES string of the molecule is CC(C)C(CN)N1CC(C)C(N(C)C)C1. The van der Waals surface area contributed by atoms with Gasteiger partial charge in [0.25, 0.3) is 0 Å². The van der Waals surface area contributed by atoms with Crippen molar-refractivity contribution in [1.82, 2.24) is 9.80 Å². The summed E-state index contributed by atoms with van der Waals surface area (Å²) >= 11 is 0. The van der Waals surface area contributed by atoms with Crippen LogP contribution in [0.25, 0.3) is 0 Å². The molecule has 0 aliphatic carbocycles. The van der Waals surface area contributed by atoms with Crippen molar-refractivity contribution in [2.75, 3.05) is 33.7 Å². The Hall–Kier alpha value is -0.120. The molecule has 1 rings (SSSR count). The van der Waals surface area contributed by atoms with E-state index in [0.29, 0.717) is 18.0 Å². The van der Waals surface area contributed by atoms with Crippen molar-refractivity contribution in [3.63, 3.8) is 0 Å². The van der Waals surface area contributed by atoms with Crippen LogP contribution in [0.15, 0.2) is 0 Å². The molecule has 0 aromatic heterocycles. The number of nitrogens with zero attached hydrogens (tertiary/aromatic N) is 2. The van der Waals surface area contributed by atoms with E-state index in [-0.39, 0.29) is 0 Å². The molecular weight excluding hydrogens is 186 g/mol. The smallest absolute Gasteiger partial charge is 0.0254 e. The number of rotatable bonds is 4. The van der Waals surface area contributed by atoms with Crippen LogP contribution in [-0.4, -0.2) is 55.6 Å². The van der Waals surface area contributed by atoms with E-state index in [9.17, 15) is 0 Å². The predicted octanol–water partition coefficient (Wildman–Crippen LogP) is 0.852. The molecule has 90 valence electrons. The summed E-state index contributed by atoms with van der Waals surface area (Å²) in [6, 6.07) is 1.25. The Kier molecular flexibility index (Phi) is 4.56. The number of hydrogen-bond donors (Lipinski definition) is 1. The molecule has 3 unspecified atom stereocenters. The summed E-state index contributed by atoms with van der Waals surface area (Å²) in [6.45, 7) is 10.0. The molecule has 0 amide bonds. The maximum Gasteiger partial charge on any atom is 0.0254 e. The van der Waals surface area contributed by atoms with Gasteiger partial charge in [-0.2, -0.15) is 0 Å². The molecule has 1 saturated heterocycles. The molecule has 0 spiro atoms. The molecule has 2 N–H and O–H groups in total. The summed E-state index contributed by atoms with van der Waals surface area (Å²) < 4.78 is 0. The van der Waals surface area contributed by atoms with Gasteiger partial charge in [0.05, 0.1) is 0 Å². The zero-order valence-electron chi connectivity index (χ0n) is 10.9. The van der Waals surface area contributed by atoms with E-state index in [1.165, 1.54) is 13.1 Å². The third-order valence-electron chi connectivity index (χ3n) is 3.74. The Balaban J connectivity index is 2.60. The van der Waals surface area contributed by atoms with Gasteiger partial charge in [0.2, 0.25) is 0 Å². The second-order valence-electron chi connectivity index (χ2n) is 5.51. The molecule has 1 aliphatic rings. The highest BCUT2D eigenvalue weighted by Crippen LogP contribution is 2.24. The first-order valence-electron chi connectivity index (χ1n) is 6.07. The van der Waals surface area contributed by atoms with Crippen molar-refractivity contribution in [1.29, 1.82) is 0 Å². The highest BCUT2D eigenvalue weighted by atomic mass is 15.3. The predicted molar refractivity (Wildman–Crippen MR) is 65.9 cm³/mol. The van der Waals surface area contributed by atoms with Crippen molar-refractivity contribution >= 4 is 0 Å². The third-order valence-corrected chi connectivity index (χ3v) is 3.74. The molecular formula is C12H27N3. The van der Waals surface area contributed by atoms with E-state index >= 15 is 0 Å². The Morgan fingerprint density at radius 2 is 1.93 bits per heavy atom. The van der Waals surface area contributed by atoms with Gasteiger partial charge in [0, 0.05) is 31.7 Å². The molecule has 1 aliphatic heterocycles. The Morgan fingerprint density at radius 1 is 1.33 bits per heavy atom. The maximum atomic E-state index is 5.87. The van der Waals surface area contributed by atoms with Crippen LogP contribution in [0, 0.1) is 11.8 Å². The summed E-state index contributed by atoms with van der Waals surface area (Å²) in [7, 11) is 4.36. The fourth-order valence-electron chi connectivity index (χ4n) is 2.77. The molecule has 0 saturated carbocycles. The van der Waals surface area contributed by atoms with Crippen LogP contribution in [0.5, 0.6) is 0 Å². The Bertz CT molecular complexity index is 191. The van der Waals surface area contributed by atoms with Crippen LogP contribution in [0.3, 0.4) is 0 Å². The number of nitrogens with two attached hydrogens (primary N) is 1. The lowest BCUT2D eigenvalue weighted by molar-refractivity contribution is 0.180. The topological polar surface area (TPSA) is 32.5 Å². The van der Waals surface area contributed by atoms with Gasteiger partial charge < -0.3 is 10.6 Å². The molecule has 3 nitrogen and oxygen atoms in total. The van der Waals surface area contributed by atoms with E-state index in [2.05, 4.69) is 44.7 Å². The highest BCUT2D eigenvalue weighted by Gasteiger charge is 2.34. The second kappa shape index (κ2) is 5.28. The highest BCUT2D eigenvalue weighted by molar-refractivity contribution is 4.91. The summed E-state index contributed by atoms with van der Waals surface area (Å²) in [5.41, 5.74) is 5.87. The average molecular weight is 213 g/mol. The summed E-state index contributed by atoms with van der Waals surface area (Å²) in [5.74, 6) is 1.41. The molecule has 0 radical (unpaired) electrons. The van der Waals surface area contributed by atoms with Crippen molar-refractivity contribution in [2.45, 2.75) is 32.9 Å². The number of likely N-dealkylation sites (tertiary alicyclic amines) is 1. The molecule has 15 heavy (non-hydrogen) atoms. The van der Waals surface area contributed by atoms with E-state index in [0.717, 1.165) is 12.5 Å². The van der Waals surface area contributed by atoms with Gasteiger partial charge in [-0.1, -0.05) is 20.8 Å². The van der Waals surface area contributed by atoms with Crippen molar-refractivity contribution in [2.24, 2.45) is 17.6 Å². The van der Waals surface area contributed by atoms with Gasteiger partial charge in [-0.25, -0.2) is 0 Å². The number of hydrogen-bond acceptors (Lipinski definition) is 3. The molecule has 0 bridgehead atoms. The molecule has 3 atom stereocenters. The van der Waals surface area contributed by atoms with Crippen LogP contribution in [0.2, 0.25) is 0 Å². The van der Waals surface area contributed by atoms with Gasteiger partial charge in [-0.3, -0.25) is 4.90 Å². The molecule has 0 aromatic carbocycles. The minimum atomic E-state index is 0.553. The first-order chi connectivity index (χ1) is 6.97. The van der Waals surface area contributed by atoms with Crippen LogP contribution < -0.4 is 5.73 Å². The minimum Gasteiger partial charge on any atom is -0.329 e. The molecule has 0 aromatic rings. The molecule has 3 heteroatoms. The Labute approximate surface area is 94.6 Å². The van der Waals surface area contributed by atoms with E-state index in [1.807, 2.05) is 0 Å². The number of likely N-dealkylation sites (N-methyl/N-ethyl adjacent to an activating group) is 1. The summed E-state index contributed by atoms with van der Waals surface area (Å²) in [5, 5.41) is 0. The van der Waals surface area contributed by atoms with Gasteiger partial charge in [-0.15, -0.1) is 0 Å². The van der Waals surface area contributed by atoms with Gasteiger partial charge in [-0.05, 0) is 25.9 Å². The zero-order chi connectivity index (χ0) is 11.6. The van der Waals surface area contributed by atoms with Crippen LogP contribution in [0.1, 0.15) is 20.8 Å².